The minimum absolute atomic E-state index is 0.0952. The summed E-state index contributed by atoms with van der Waals surface area (Å²) in [6, 6.07) is 9.85. The third kappa shape index (κ3) is 3.46. The molecule has 0 aliphatic heterocycles. The molecule has 0 spiro atoms. The normalized spacial score (nSPS) is 10.8. The van der Waals surface area contributed by atoms with E-state index in [1.165, 1.54) is 11.0 Å². The number of fused-ring (bicyclic) bond motifs is 1. The molecular formula is C16H16N4OS. The lowest BCUT2D eigenvalue weighted by Gasteiger charge is -2.16. The maximum absolute atomic E-state index is 12.2. The predicted octanol–water partition coefficient (Wildman–Crippen LogP) is 2.68. The summed E-state index contributed by atoms with van der Waals surface area (Å²) in [5, 5.41) is 1.00. The van der Waals surface area contributed by atoms with Crippen LogP contribution in [0.2, 0.25) is 0 Å². The van der Waals surface area contributed by atoms with E-state index in [2.05, 4.69) is 21.0 Å². The van der Waals surface area contributed by atoms with Crippen LogP contribution in [0.15, 0.2) is 42.9 Å². The van der Waals surface area contributed by atoms with E-state index in [-0.39, 0.29) is 5.91 Å². The smallest absolute Gasteiger partial charge is 0.223 e. The van der Waals surface area contributed by atoms with Crippen LogP contribution in [0, 0.1) is 0 Å². The average Bonchev–Trinajstić information content (AvgIpc) is 2.96. The topological polar surface area (TPSA) is 59.0 Å². The first-order valence-electron chi connectivity index (χ1n) is 7.05. The minimum atomic E-state index is 0.0952. The number of hydrogen-bond donors (Lipinski definition) is 0. The fraction of sp³-hybridized carbons (Fsp3) is 0.250. The largest absolute Gasteiger partial charge is 0.340 e. The van der Waals surface area contributed by atoms with Crippen molar-refractivity contribution in [3.8, 4) is 0 Å². The van der Waals surface area contributed by atoms with E-state index in [0.29, 0.717) is 19.4 Å². The first kappa shape index (κ1) is 14.6. The summed E-state index contributed by atoms with van der Waals surface area (Å²) < 4.78 is 1.17. The molecule has 6 heteroatoms. The summed E-state index contributed by atoms with van der Waals surface area (Å²) in [5.74, 6) is 0.0952. The molecule has 1 aromatic carbocycles. The van der Waals surface area contributed by atoms with Crippen molar-refractivity contribution in [1.82, 2.24) is 19.9 Å². The van der Waals surface area contributed by atoms with Gasteiger partial charge in [-0.1, -0.05) is 12.1 Å². The van der Waals surface area contributed by atoms with Gasteiger partial charge in [-0.15, -0.1) is 11.3 Å². The number of thiazole rings is 1. The first-order valence-corrected chi connectivity index (χ1v) is 7.87. The third-order valence-corrected chi connectivity index (χ3v) is 4.46. The van der Waals surface area contributed by atoms with Gasteiger partial charge in [0, 0.05) is 26.1 Å². The van der Waals surface area contributed by atoms with E-state index >= 15 is 0 Å². The van der Waals surface area contributed by atoms with E-state index in [1.54, 1.807) is 29.5 Å². The molecule has 0 fully saturated rings. The van der Waals surface area contributed by atoms with Gasteiger partial charge in [0.1, 0.15) is 6.33 Å². The van der Waals surface area contributed by atoms with Gasteiger partial charge in [0.05, 0.1) is 27.5 Å². The second kappa shape index (κ2) is 6.62. The second-order valence-corrected chi connectivity index (χ2v) is 6.14. The molecule has 0 N–H and O–H groups in total. The summed E-state index contributed by atoms with van der Waals surface area (Å²) >= 11 is 1.65. The number of carbonyl (C=O) groups excluding carboxylic acids is 1. The fourth-order valence-corrected chi connectivity index (χ4v) is 3.14. The molecule has 0 aliphatic carbocycles. The minimum Gasteiger partial charge on any atom is -0.340 e. The van der Waals surface area contributed by atoms with Gasteiger partial charge in [0.2, 0.25) is 5.91 Å². The Bertz CT molecular complexity index is 739. The van der Waals surface area contributed by atoms with Gasteiger partial charge < -0.3 is 4.90 Å². The number of carbonyl (C=O) groups is 1. The molecule has 0 atom stereocenters. The number of hydrogen-bond acceptors (Lipinski definition) is 5. The van der Waals surface area contributed by atoms with Crippen LogP contribution in [0.4, 0.5) is 0 Å². The van der Waals surface area contributed by atoms with Crippen molar-refractivity contribution in [1.29, 1.82) is 0 Å². The van der Waals surface area contributed by atoms with E-state index in [9.17, 15) is 4.79 Å². The molecule has 0 unspecified atom stereocenters. The van der Waals surface area contributed by atoms with Crippen molar-refractivity contribution in [3.63, 3.8) is 0 Å². The quantitative estimate of drug-likeness (QED) is 0.727. The van der Waals surface area contributed by atoms with Crippen molar-refractivity contribution in [3.05, 3.63) is 53.6 Å². The van der Waals surface area contributed by atoms with Crippen molar-refractivity contribution >= 4 is 27.5 Å². The number of aryl methyl sites for hydroxylation is 1. The molecule has 0 aliphatic rings. The molecule has 5 nitrogen and oxygen atoms in total. The summed E-state index contributed by atoms with van der Waals surface area (Å²) in [6.45, 7) is 0.501. The van der Waals surface area contributed by atoms with Gasteiger partial charge >= 0.3 is 0 Å². The summed E-state index contributed by atoms with van der Waals surface area (Å²) in [4.78, 5) is 26.4. The Morgan fingerprint density at radius 3 is 2.91 bits per heavy atom. The lowest BCUT2D eigenvalue weighted by molar-refractivity contribution is -0.130. The Hall–Kier alpha value is -2.34. The summed E-state index contributed by atoms with van der Waals surface area (Å²) in [5.41, 5.74) is 1.84. The molecule has 1 amide bonds. The van der Waals surface area contributed by atoms with Crippen LogP contribution in [0.25, 0.3) is 10.2 Å². The summed E-state index contributed by atoms with van der Waals surface area (Å²) in [7, 11) is 1.79. The highest BCUT2D eigenvalue weighted by molar-refractivity contribution is 7.18. The van der Waals surface area contributed by atoms with Gasteiger partial charge in [0.15, 0.2) is 0 Å². The predicted molar refractivity (Wildman–Crippen MR) is 86.4 cm³/mol. The lowest BCUT2D eigenvalue weighted by Crippen LogP contribution is -2.26. The molecule has 2 aromatic heterocycles. The Kier molecular flexibility index (Phi) is 4.39. The Labute approximate surface area is 132 Å². The fourth-order valence-electron chi connectivity index (χ4n) is 2.17. The van der Waals surface area contributed by atoms with Gasteiger partial charge in [-0.05, 0) is 18.2 Å². The maximum Gasteiger partial charge on any atom is 0.223 e. The standard InChI is InChI=1S/C16H16N4OS/c1-20(10-12-8-9-17-11-18-12)16(21)7-6-15-19-13-4-2-3-5-14(13)22-15/h2-5,8-9,11H,6-7,10H2,1H3. The molecule has 0 saturated heterocycles. The van der Waals surface area contributed by atoms with E-state index in [0.717, 1.165) is 16.2 Å². The number of nitrogens with zero attached hydrogens (tertiary/aromatic N) is 4. The number of rotatable bonds is 5. The number of aromatic nitrogens is 3. The van der Waals surface area contributed by atoms with E-state index in [1.807, 2.05) is 24.3 Å². The number of benzene rings is 1. The third-order valence-electron chi connectivity index (χ3n) is 3.36. The Morgan fingerprint density at radius 1 is 1.27 bits per heavy atom. The van der Waals surface area contributed by atoms with Crippen molar-refractivity contribution in [2.75, 3.05) is 7.05 Å². The zero-order chi connectivity index (χ0) is 15.4. The molecule has 22 heavy (non-hydrogen) atoms. The van der Waals surface area contributed by atoms with Crippen LogP contribution in [0.1, 0.15) is 17.1 Å². The molecule has 3 aromatic rings. The zero-order valence-corrected chi connectivity index (χ0v) is 13.1. The van der Waals surface area contributed by atoms with Crippen LogP contribution in [-0.2, 0) is 17.8 Å². The van der Waals surface area contributed by atoms with Crippen LogP contribution in [-0.4, -0.2) is 32.8 Å². The molecule has 2 heterocycles. The molecule has 0 bridgehead atoms. The van der Waals surface area contributed by atoms with Crippen molar-refractivity contribution < 1.29 is 4.79 Å². The van der Waals surface area contributed by atoms with Gasteiger partial charge in [-0.3, -0.25) is 4.79 Å². The Balaban J connectivity index is 1.57. The van der Waals surface area contributed by atoms with Gasteiger partial charge in [0.25, 0.3) is 0 Å². The van der Waals surface area contributed by atoms with Crippen LogP contribution in [0.3, 0.4) is 0 Å². The molecule has 112 valence electrons. The highest BCUT2D eigenvalue weighted by atomic mass is 32.1. The highest BCUT2D eigenvalue weighted by Crippen LogP contribution is 2.22. The monoisotopic (exact) mass is 312 g/mol. The van der Waals surface area contributed by atoms with Crippen molar-refractivity contribution in [2.45, 2.75) is 19.4 Å². The molecule has 0 saturated carbocycles. The van der Waals surface area contributed by atoms with Crippen molar-refractivity contribution in [2.24, 2.45) is 0 Å². The lowest BCUT2D eigenvalue weighted by atomic mass is 10.2. The number of para-hydroxylation sites is 1. The van der Waals surface area contributed by atoms with Crippen LogP contribution >= 0.6 is 11.3 Å². The molecule has 0 radical (unpaired) electrons. The van der Waals surface area contributed by atoms with Crippen LogP contribution < -0.4 is 0 Å². The second-order valence-electron chi connectivity index (χ2n) is 5.03. The number of amides is 1. The zero-order valence-electron chi connectivity index (χ0n) is 12.3. The molecular weight excluding hydrogens is 296 g/mol. The van der Waals surface area contributed by atoms with E-state index in [4.69, 9.17) is 0 Å². The van der Waals surface area contributed by atoms with Gasteiger partial charge in [-0.2, -0.15) is 0 Å². The first-order chi connectivity index (χ1) is 10.7. The summed E-state index contributed by atoms with van der Waals surface area (Å²) in [6.07, 6.45) is 4.31. The SMILES string of the molecule is CN(Cc1ccncn1)C(=O)CCc1nc2ccccc2s1. The average molecular weight is 312 g/mol. The van der Waals surface area contributed by atoms with E-state index < -0.39 is 0 Å². The Morgan fingerprint density at radius 2 is 2.14 bits per heavy atom. The maximum atomic E-state index is 12.2. The van der Waals surface area contributed by atoms with Crippen LogP contribution in [0.5, 0.6) is 0 Å². The molecule has 3 rings (SSSR count). The van der Waals surface area contributed by atoms with Gasteiger partial charge in [-0.25, -0.2) is 15.0 Å². The highest BCUT2D eigenvalue weighted by Gasteiger charge is 2.11.